The van der Waals surface area contributed by atoms with Crippen LogP contribution in [0.25, 0.3) is 5.82 Å². The van der Waals surface area contributed by atoms with Gasteiger partial charge in [-0.1, -0.05) is 0 Å². The lowest BCUT2D eigenvalue weighted by Crippen LogP contribution is -2.04. The molecule has 0 aromatic carbocycles. The molecule has 92 valence electrons. The van der Waals surface area contributed by atoms with E-state index in [4.69, 9.17) is 11.0 Å². The first kappa shape index (κ1) is 11.9. The average Bonchev–Trinajstić information content (AvgIpc) is 2.78. The second kappa shape index (κ2) is 4.03. The molecule has 0 fully saturated rings. The maximum absolute atomic E-state index is 12.4. The highest BCUT2D eigenvalue weighted by Gasteiger charge is 2.32. The maximum atomic E-state index is 12.4. The number of nitriles is 1. The van der Waals surface area contributed by atoms with Crippen molar-refractivity contribution in [2.75, 3.05) is 5.73 Å². The van der Waals surface area contributed by atoms with E-state index in [2.05, 4.69) is 10.1 Å². The molecular weight excluding hydrogens is 247 g/mol. The van der Waals surface area contributed by atoms with Crippen molar-refractivity contribution in [2.24, 2.45) is 0 Å². The molecule has 0 aliphatic rings. The van der Waals surface area contributed by atoms with Crippen LogP contribution in [-0.2, 0) is 6.18 Å². The molecule has 0 unspecified atom stereocenters. The maximum Gasteiger partial charge on any atom is 0.419 e. The lowest BCUT2D eigenvalue weighted by molar-refractivity contribution is -0.137. The summed E-state index contributed by atoms with van der Waals surface area (Å²) in [6.07, 6.45) is -2.99. The molecule has 0 saturated carbocycles. The third-order valence-corrected chi connectivity index (χ3v) is 2.16. The van der Waals surface area contributed by atoms with Crippen molar-refractivity contribution in [1.29, 1.82) is 5.26 Å². The van der Waals surface area contributed by atoms with Crippen molar-refractivity contribution in [2.45, 2.75) is 6.18 Å². The highest BCUT2D eigenvalue weighted by molar-refractivity contribution is 5.51. The first-order chi connectivity index (χ1) is 8.41. The fraction of sp³-hybridized carbons (Fsp3) is 0.100. The standard InChI is InChI=1S/C10H6F3N5/c11-10(12,13)6-4-16-18(5-6)9-2-1-7(15)8(3-14)17-9/h1-2,4-5H,15H2. The summed E-state index contributed by atoms with van der Waals surface area (Å²) in [5.74, 6) is 0.0938. The van der Waals surface area contributed by atoms with Crippen molar-refractivity contribution >= 4 is 5.69 Å². The van der Waals surface area contributed by atoms with E-state index in [9.17, 15) is 13.2 Å². The van der Waals surface area contributed by atoms with Crippen molar-refractivity contribution in [3.05, 3.63) is 35.8 Å². The van der Waals surface area contributed by atoms with E-state index < -0.39 is 11.7 Å². The fourth-order valence-electron chi connectivity index (χ4n) is 1.27. The number of aromatic nitrogens is 3. The second-order valence-corrected chi connectivity index (χ2v) is 3.39. The van der Waals surface area contributed by atoms with Gasteiger partial charge < -0.3 is 5.73 Å². The lowest BCUT2D eigenvalue weighted by Gasteiger charge is -2.03. The molecule has 0 bridgehead atoms. The molecule has 0 spiro atoms. The number of nitrogens with zero attached hydrogens (tertiary/aromatic N) is 4. The number of hydrogen-bond donors (Lipinski definition) is 1. The summed E-state index contributed by atoms with van der Waals surface area (Å²) in [6.45, 7) is 0. The molecule has 2 aromatic heterocycles. The van der Waals surface area contributed by atoms with E-state index in [0.717, 1.165) is 10.9 Å². The summed E-state index contributed by atoms with van der Waals surface area (Å²) in [5, 5.41) is 12.3. The highest BCUT2D eigenvalue weighted by Crippen LogP contribution is 2.29. The van der Waals surface area contributed by atoms with E-state index in [1.807, 2.05) is 0 Å². The minimum absolute atomic E-state index is 0.0587. The van der Waals surface area contributed by atoms with E-state index in [1.165, 1.54) is 12.1 Å². The molecule has 2 N–H and O–H groups in total. The van der Waals surface area contributed by atoms with Crippen LogP contribution >= 0.6 is 0 Å². The minimum Gasteiger partial charge on any atom is -0.396 e. The van der Waals surface area contributed by atoms with Gasteiger partial charge >= 0.3 is 6.18 Å². The number of pyridine rings is 1. The summed E-state index contributed by atoms with van der Waals surface area (Å²) in [7, 11) is 0. The van der Waals surface area contributed by atoms with Crippen LogP contribution in [0.4, 0.5) is 18.9 Å². The third-order valence-electron chi connectivity index (χ3n) is 2.16. The van der Waals surface area contributed by atoms with Crippen molar-refractivity contribution in [1.82, 2.24) is 14.8 Å². The van der Waals surface area contributed by atoms with Gasteiger partial charge in [0, 0.05) is 6.20 Å². The summed E-state index contributed by atoms with van der Waals surface area (Å²) in [5.41, 5.74) is 4.67. The van der Waals surface area contributed by atoms with Crippen LogP contribution in [0.3, 0.4) is 0 Å². The SMILES string of the molecule is N#Cc1nc(-n2cc(C(F)(F)F)cn2)ccc1N. The third kappa shape index (κ3) is 2.10. The van der Waals surface area contributed by atoms with E-state index in [0.29, 0.717) is 6.20 Å². The Labute approximate surface area is 99.3 Å². The first-order valence-electron chi connectivity index (χ1n) is 4.70. The Morgan fingerprint density at radius 2 is 2.06 bits per heavy atom. The summed E-state index contributed by atoms with van der Waals surface area (Å²) in [4.78, 5) is 3.80. The van der Waals surface area contributed by atoms with Gasteiger partial charge in [0.1, 0.15) is 6.07 Å². The predicted octanol–water partition coefficient (Wildman–Crippen LogP) is 1.74. The van der Waals surface area contributed by atoms with Gasteiger partial charge in [-0.25, -0.2) is 9.67 Å². The Morgan fingerprint density at radius 1 is 1.33 bits per heavy atom. The number of rotatable bonds is 1. The van der Waals surface area contributed by atoms with Crippen molar-refractivity contribution in [3.8, 4) is 11.9 Å². The molecule has 0 saturated heterocycles. The lowest BCUT2D eigenvalue weighted by atomic mass is 10.3. The number of nitrogens with two attached hydrogens (primary N) is 1. The number of alkyl halides is 3. The largest absolute Gasteiger partial charge is 0.419 e. The Balaban J connectivity index is 2.44. The number of hydrogen-bond acceptors (Lipinski definition) is 4. The molecule has 2 heterocycles. The van der Waals surface area contributed by atoms with Gasteiger partial charge in [-0.15, -0.1) is 0 Å². The Kier molecular flexibility index (Phi) is 2.67. The minimum atomic E-state index is -4.47. The summed E-state index contributed by atoms with van der Waals surface area (Å²) in [6, 6.07) is 4.51. The van der Waals surface area contributed by atoms with Gasteiger partial charge in [0.05, 0.1) is 17.4 Å². The highest BCUT2D eigenvalue weighted by atomic mass is 19.4. The summed E-state index contributed by atoms with van der Waals surface area (Å²) < 4.78 is 38.1. The first-order valence-corrected chi connectivity index (χ1v) is 4.70. The van der Waals surface area contributed by atoms with E-state index in [1.54, 1.807) is 6.07 Å². The molecule has 0 radical (unpaired) electrons. The zero-order chi connectivity index (χ0) is 13.3. The van der Waals surface area contributed by atoms with Crippen LogP contribution in [0.15, 0.2) is 24.5 Å². The van der Waals surface area contributed by atoms with Crippen LogP contribution in [0.2, 0.25) is 0 Å². The van der Waals surface area contributed by atoms with Crippen LogP contribution < -0.4 is 5.73 Å². The van der Waals surface area contributed by atoms with Gasteiger partial charge in [-0.3, -0.25) is 0 Å². The molecular formula is C10H6F3N5. The van der Waals surface area contributed by atoms with E-state index >= 15 is 0 Å². The molecule has 8 heteroatoms. The molecule has 0 aliphatic carbocycles. The van der Waals surface area contributed by atoms with Crippen molar-refractivity contribution in [3.63, 3.8) is 0 Å². The van der Waals surface area contributed by atoms with Crippen LogP contribution in [0, 0.1) is 11.3 Å². The normalized spacial score (nSPS) is 11.2. The van der Waals surface area contributed by atoms with Crippen LogP contribution in [-0.4, -0.2) is 14.8 Å². The second-order valence-electron chi connectivity index (χ2n) is 3.39. The number of halogens is 3. The molecule has 0 atom stereocenters. The zero-order valence-electron chi connectivity index (χ0n) is 8.81. The quantitative estimate of drug-likeness (QED) is 0.839. The number of nitrogen functional groups attached to an aromatic ring is 1. The number of anilines is 1. The average molecular weight is 253 g/mol. The van der Waals surface area contributed by atoms with Gasteiger partial charge in [-0.05, 0) is 12.1 Å². The fourth-order valence-corrected chi connectivity index (χ4v) is 1.27. The van der Waals surface area contributed by atoms with Crippen molar-refractivity contribution < 1.29 is 13.2 Å². The van der Waals surface area contributed by atoms with Gasteiger partial charge in [0.2, 0.25) is 0 Å². The topological polar surface area (TPSA) is 80.5 Å². The predicted molar refractivity (Wildman–Crippen MR) is 55.5 cm³/mol. The van der Waals surface area contributed by atoms with Gasteiger partial charge in [0.15, 0.2) is 11.5 Å². The van der Waals surface area contributed by atoms with Gasteiger partial charge in [-0.2, -0.15) is 23.5 Å². The molecule has 2 aromatic rings. The van der Waals surface area contributed by atoms with E-state index in [-0.39, 0.29) is 17.2 Å². The molecule has 18 heavy (non-hydrogen) atoms. The van der Waals surface area contributed by atoms with Crippen LogP contribution in [0.1, 0.15) is 11.3 Å². The Hall–Kier alpha value is -2.56. The Morgan fingerprint density at radius 3 is 2.61 bits per heavy atom. The van der Waals surface area contributed by atoms with Gasteiger partial charge in [0.25, 0.3) is 0 Å². The smallest absolute Gasteiger partial charge is 0.396 e. The molecule has 5 nitrogen and oxygen atoms in total. The Bertz CT molecular complexity index is 623. The molecule has 0 amide bonds. The molecule has 0 aliphatic heterocycles. The summed E-state index contributed by atoms with van der Waals surface area (Å²) >= 11 is 0. The molecule has 2 rings (SSSR count). The zero-order valence-corrected chi connectivity index (χ0v) is 8.81. The monoisotopic (exact) mass is 253 g/mol. The van der Waals surface area contributed by atoms with Crippen LogP contribution in [0.5, 0.6) is 0 Å².